The maximum Gasteiger partial charge on any atom is 0.291 e. The monoisotopic (exact) mass is 350 g/mol. The third-order valence-corrected chi connectivity index (χ3v) is 5.26. The first-order chi connectivity index (χ1) is 11.3. The lowest BCUT2D eigenvalue weighted by Crippen LogP contribution is -2.27. The van der Waals surface area contributed by atoms with E-state index in [9.17, 15) is 17.8 Å². The first kappa shape index (κ1) is 18.4. The summed E-state index contributed by atoms with van der Waals surface area (Å²) in [5, 5.41) is 0. The van der Waals surface area contributed by atoms with Crippen molar-refractivity contribution in [1.82, 2.24) is 0 Å². The topological polar surface area (TPSA) is 80.7 Å². The summed E-state index contributed by atoms with van der Waals surface area (Å²) in [6.07, 6.45) is 5.74. The summed E-state index contributed by atoms with van der Waals surface area (Å²) in [6, 6.07) is 7.52. The SMILES string of the molecule is CCC(C)c1ccc(OCC(=O)C2CC=CC=C2S(=O)(=O)O)cc1. The fourth-order valence-electron chi connectivity index (χ4n) is 2.55. The molecule has 1 N–H and O–H groups in total. The molecule has 0 saturated heterocycles. The Hall–Kier alpha value is -1.92. The van der Waals surface area contributed by atoms with E-state index in [0.717, 1.165) is 6.42 Å². The highest BCUT2D eigenvalue weighted by atomic mass is 32.2. The van der Waals surface area contributed by atoms with Crippen molar-refractivity contribution in [2.75, 3.05) is 6.61 Å². The predicted octanol–water partition coefficient (Wildman–Crippen LogP) is 3.50. The molecule has 0 aliphatic heterocycles. The van der Waals surface area contributed by atoms with E-state index in [-0.39, 0.29) is 23.7 Å². The standard InChI is InChI=1S/C18H22O5S/c1-3-13(2)14-8-10-15(11-9-14)23-12-17(19)16-6-4-5-7-18(16)24(20,21)22/h4-5,7-11,13,16H,3,6,12H2,1-2H3,(H,20,21,22). The molecular weight excluding hydrogens is 328 g/mol. The molecule has 6 heteroatoms. The van der Waals surface area contributed by atoms with Gasteiger partial charge in [-0.1, -0.05) is 38.1 Å². The second-order valence-electron chi connectivity index (χ2n) is 5.89. The van der Waals surface area contributed by atoms with E-state index in [2.05, 4.69) is 13.8 Å². The van der Waals surface area contributed by atoms with E-state index < -0.39 is 16.0 Å². The Kier molecular flexibility index (Phi) is 5.96. The van der Waals surface area contributed by atoms with Gasteiger partial charge >= 0.3 is 0 Å². The van der Waals surface area contributed by atoms with Gasteiger partial charge in [0.1, 0.15) is 12.4 Å². The van der Waals surface area contributed by atoms with Crippen molar-refractivity contribution < 1.29 is 22.5 Å². The highest BCUT2D eigenvalue weighted by molar-refractivity contribution is 7.89. The molecule has 0 saturated carbocycles. The Morgan fingerprint density at radius 3 is 2.58 bits per heavy atom. The average molecular weight is 350 g/mol. The van der Waals surface area contributed by atoms with Crippen molar-refractivity contribution in [3.63, 3.8) is 0 Å². The zero-order chi connectivity index (χ0) is 17.7. The molecule has 2 rings (SSSR count). The Balaban J connectivity index is 2.00. The minimum Gasteiger partial charge on any atom is -0.486 e. The molecule has 0 fully saturated rings. The lowest BCUT2D eigenvalue weighted by Gasteiger charge is -2.18. The number of benzene rings is 1. The van der Waals surface area contributed by atoms with E-state index in [1.54, 1.807) is 18.2 Å². The van der Waals surface area contributed by atoms with Crippen LogP contribution in [0.5, 0.6) is 5.75 Å². The van der Waals surface area contributed by atoms with Crippen molar-refractivity contribution in [1.29, 1.82) is 0 Å². The highest BCUT2D eigenvalue weighted by Crippen LogP contribution is 2.26. The van der Waals surface area contributed by atoms with Gasteiger partial charge in [0.15, 0.2) is 5.78 Å². The number of ketones is 1. The van der Waals surface area contributed by atoms with E-state index in [1.165, 1.54) is 17.7 Å². The molecule has 0 heterocycles. The van der Waals surface area contributed by atoms with E-state index >= 15 is 0 Å². The van der Waals surface area contributed by atoms with E-state index in [0.29, 0.717) is 11.7 Å². The molecule has 1 aliphatic rings. The number of hydrogen-bond donors (Lipinski definition) is 1. The van der Waals surface area contributed by atoms with Crippen molar-refractivity contribution in [2.45, 2.75) is 32.6 Å². The van der Waals surface area contributed by atoms with E-state index in [4.69, 9.17) is 4.74 Å². The van der Waals surface area contributed by atoms with Gasteiger partial charge in [-0.05, 0) is 42.5 Å². The molecule has 2 unspecified atom stereocenters. The highest BCUT2D eigenvalue weighted by Gasteiger charge is 2.31. The molecule has 0 spiro atoms. The van der Waals surface area contributed by atoms with Gasteiger partial charge in [0.05, 0.1) is 10.8 Å². The van der Waals surface area contributed by atoms with Gasteiger partial charge < -0.3 is 4.74 Å². The molecule has 24 heavy (non-hydrogen) atoms. The zero-order valence-electron chi connectivity index (χ0n) is 13.8. The molecule has 130 valence electrons. The first-order valence-electron chi connectivity index (χ1n) is 7.92. The fourth-order valence-corrected chi connectivity index (χ4v) is 3.39. The molecule has 5 nitrogen and oxygen atoms in total. The number of carbonyl (C=O) groups is 1. The molecule has 0 bridgehead atoms. The lowest BCUT2D eigenvalue weighted by atomic mass is 9.96. The Bertz CT molecular complexity index is 744. The maximum atomic E-state index is 12.3. The molecule has 0 radical (unpaired) electrons. The van der Waals surface area contributed by atoms with Crippen LogP contribution in [-0.4, -0.2) is 25.4 Å². The van der Waals surface area contributed by atoms with Crippen LogP contribution in [0.2, 0.25) is 0 Å². The quantitative estimate of drug-likeness (QED) is 0.761. The second kappa shape index (κ2) is 7.77. The molecular formula is C18H22O5S. The van der Waals surface area contributed by atoms with Gasteiger partial charge in [0, 0.05) is 0 Å². The number of ether oxygens (including phenoxy) is 1. The summed E-state index contributed by atoms with van der Waals surface area (Å²) in [4.78, 5) is 12.0. The van der Waals surface area contributed by atoms with Crippen molar-refractivity contribution in [3.8, 4) is 5.75 Å². The summed E-state index contributed by atoms with van der Waals surface area (Å²) >= 11 is 0. The molecule has 1 aromatic carbocycles. The Labute approximate surface area is 142 Å². The first-order valence-corrected chi connectivity index (χ1v) is 9.36. The molecule has 0 aromatic heterocycles. The normalized spacial score (nSPS) is 18.8. The average Bonchev–Trinajstić information content (AvgIpc) is 2.58. The lowest BCUT2D eigenvalue weighted by molar-refractivity contribution is -0.123. The number of allylic oxidation sites excluding steroid dienone is 4. The number of Topliss-reactive ketones (excluding diaryl/α,β-unsaturated/α-hetero) is 1. The van der Waals surface area contributed by atoms with Crippen LogP contribution in [0.3, 0.4) is 0 Å². The number of hydrogen-bond acceptors (Lipinski definition) is 4. The van der Waals surface area contributed by atoms with Crippen molar-refractivity contribution >= 4 is 15.9 Å². The third kappa shape index (κ3) is 4.55. The van der Waals surface area contributed by atoms with Gasteiger partial charge in [0.2, 0.25) is 0 Å². The molecule has 1 aliphatic carbocycles. The Morgan fingerprint density at radius 2 is 2.00 bits per heavy atom. The summed E-state index contributed by atoms with van der Waals surface area (Å²) in [7, 11) is -4.39. The van der Waals surface area contributed by atoms with Crippen molar-refractivity contribution in [3.05, 3.63) is 53.0 Å². The smallest absolute Gasteiger partial charge is 0.291 e. The maximum absolute atomic E-state index is 12.3. The minimum absolute atomic E-state index is 0.237. The Morgan fingerprint density at radius 1 is 1.33 bits per heavy atom. The molecule has 0 amide bonds. The molecule has 2 atom stereocenters. The number of rotatable bonds is 7. The van der Waals surface area contributed by atoms with Gasteiger partial charge in [-0.3, -0.25) is 9.35 Å². The van der Waals surface area contributed by atoms with E-state index in [1.807, 2.05) is 12.1 Å². The number of carbonyl (C=O) groups excluding carboxylic acids is 1. The van der Waals surface area contributed by atoms with Crippen LogP contribution in [0.1, 0.15) is 38.2 Å². The molecule has 1 aromatic rings. The third-order valence-electron chi connectivity index (χ3n) is 4.24. The van der Waals surface area contributed by atoms with Gasteiger partial charge in [-0.15, -0.1) is 0 Å². The second-order valence-corrected chi connectivity index (χ2v) is 7.32. The van der Waals surface area contributed by atoms with Crippen LogP contribution in [0.25, 0.3) is 0 Å². The zero-order valence-corrected chi connectivity index (χ0v) is 14.6. The van der Waals surface area contributed by atoms with Gasteiger partial charge in [-0.2, -0.15) is 8.42 Å². The predicted molar refractivity (Wildman–Crippen MR) is 92.5 cm³/mol. The summed E-state index contributed by atoms with van der Waals surface area (Å²) in [5.41, 5.74) is 1.20. The fraction of sp³-hybridized carbons (Fsp3) is 0.389. The van der Waals surface area contributed by atoms with Crippen LogP contribution in [0.15, 0.2) is 47.4 Å². The summed E-state index contributed by atoms with van der Waals surface area (Å²) in [5.74, 6) is -0.269. The minimum atomic E-state index is -4.39. The van der Waals surface area contributed by atoms with Crippen LogP contribution < -0.4 is 4.74 Å². The largest absolute Gasteiger partial charge is 0.486 e. The summed E-state index contributed by atoms with van der Waals surface area (Å²) in [6.45, 7) is 4.01. The van der Waals surface area contributed by atoms with Gasteiger partial charge in [-0.25, -0.2) is 0 Å². The van der Waals surface area contributed by atoms with Crippen LogP contribution in [-0.2, 0) is 14.9 Å². The van der Waals surface area contributed by atoms with Crippen LogP contribution >= 0.6 is 0 Å². The summed E-state index contributed by atoms with van der Waals surface area (Å²) < 4.78 is 37.4. The van der Waals surface area contributed by atoms with Crippen molar-refractivity contribution in [2.24, 2.45) is 5.92 Å². The van der Waals surface area contributed by atoms with Crippen LogP contribution in [0, 0.1) is 5.92 Å². The van der Waals surface area contributed by atoms with Gasteiger partial charge in [0.25, 0.3) is 10.1 Å². The van der Waals surface area contributed by atoms with Crippen LogP contribution in [0.4, 0.5) is 0 Å².